The predicted octanol–water partition coefficient (Wildman–Crippen LogP) is 4.88. The Bertz CT molecular complexity index is 1260. The predicted molar refractivity (Wildman–Crippen MR) is 135 cm³/mol. The van der Waals surface area contributed by atoms with Crippen molar-refractivity contribution in [2.75, 3.05) is 28.5 Å². The first-order valence-corrected chi connectivity index (χ1v) is 12.5. The molecule has 0 radical (unpaired) electrons. The van der Waals surface area contributed by atoms with E-state index in [0.717, 1.165) is 15.4 Å². The number of benzene rings is 3. The van der Waals surface area contributed by atoms with Gasteiger partial charge in [-0.3, -0.25) is 9.10 Å². The molecular formula is C24H26BrN3O4S. The lowest BCUT2D eigenvalue weighted by Gasteiger charge is -2.25. The van der Waals surface area contributed by atoms with Gasteiger partial charge in [-0.2, -0.15) is 0 Å². The molecule has 0 aromatic heterocycles. The monoisotopic (exact) mass is 531 g/mol. The van der Waals surface area contributed by atoms with Crippen LogP contribution in [0, 0.1) is 13.8 Å². The van der Waals surface area contributed by atoms with Crippen molar-refractivity contribution < 1.29 is 17.9 Å². The van der Waals surface area contributed by atoms with Crippen LogP contribution >= 0.6 is 15.9 Å². The minimum Gasteiger partial charge on any atom is -0.493 e. The first-order chi connectivity index (χ1) is 15.6. The van der Waals surface area contributed by atoms with Gasteiger partial charge in [-0.15, -0.1) is 0 Å². The molecule has 0 heterocycles. The molecule has 0 saturated heterocycles. The van der Waals surface area contributed by atoms with Crippen LogP contribution in [0.1, 0.15) is 18.1 Å². The van der Waals surface area contributed by atoms with E-state index in [4.69, 9.17) is 10.5 Å². The summed E-state index contributed by atoms with van der Waals surface area (Å²) in [4.78, 5) is 12.9. The fourth-order valence-corrected chi connectivity index (χ4v) is 5.04. The minimum atomic E-state index is -4.06. The second kappa shape index (κ2) is 10.3. The molecule has 0 unspecified atom stereocenters. The Hall–Kier alpha value is -3.04. The Kier molecular flexibility index (Phi) is 7.65. The molecule has 174 valence electrons. The van der Waals surface area contributed by atoms with Crippen LogP contribution in [0.5, 0.6) is 5.75 Å². The molecule has 3 aromatic rings. The quantitative estimate of drug-likeness (QED) is 0.403. The zero-order valence-electron chi connectivity index (χ0n) is 18.6. The number of rotatable bonds is 8. The summed E-state index contributed by atoms with van der Waals surface area (Å²) in [5, 5.41) is 2.79. The summed E-state index contributed by atoms with van der Waals surface area (Å²) in [5.74, 6) is 0.105. The Morgan fingerprint density at radius 3 is 2.33 bits per heavy atom. The second-order valence-corrected chi connectivity index (χ2v) is 10.2. The van der Waals surface area contributed by atoms with Crippen LogP contribution in [0.3, 0.4) is 0 Å². The van der Waals surface area contributed by atoms with Gasteiger partial charge in [0.25, 0.3) is 10.0 Å². The van der Waals surface area contributed by atoms with Gasteiger partial charge in [0, 0.05) is 11.4 Å². The fourth-order valence-electron chi connectivity index (χ4n) is 3.15. The van der Waals surface area contributed by atoms with E-state index in [1.807, 2.05) is 32.9 Å². The number of nitrogen functional groups attached to an aromatic ring is 1. The van der Waals surface area contributed by atoms with Crippen molar-refractivity contribution in [1.82, 2.24) is 0 Å². The summed E-state index contributed by atoms with van der Waals surface area (Å²) in [6.07, 6.45) is 0. The average molecular weight is 532 g/mol. The molecule has 0 saturated carbocycles. The zero-order chi connectivity index (χ0) is 24.2. The van der Waals surface area contributed by atoms with E-state index >= 15 is 0 Å². The van der Waals surface area contributed by atoms with Gasteiger partial charge >= 0.3 is 0 Å². The third kappa shape index (κ3) is 5.85. The molecule has 3 rings (SSSR count). The van der Waals surface area contributed by atoms with Crippen molar-refractivity contribution in [3.8, 4) is 5.75 Å². The maximum Gasteiger partial charge on any atom is 0.264 e. The minimum absolute atomic E-state index is 0.0284. The maximum absolute atomic E-state index is 13.5. The van der Waals surface area contributed by atoms with Gasteiger partial charge in [0.2, 0.25) is 5.91 Å². The molecule has 0 bridgehead atoms. The summed E-state index contributed by atoms with van der Waals surface area (Å²) in [6, 6.07) is 16.3. The van der Waals surface area contributed by atoms with E-state index in [-0.39, 0.29) is 4.90 Å². The standard InChI is InChI=1S/C24H26BrN3O4S/c1-4-32-23-12-9-20(14-22(23)25)28(33(30,31)21-10-6-18(26)7-11-21)15-24(29)27-19-8-5-16(2)17(3)13-19/h5-14H,4,15,26H2,1-3H3,(H,27,29). The topological polar surface area (TPSA) is 102 Å². The molecule has 0 spiro atoms. The number of nitrogens with one attached hydrogen (secondary N) is 1. The molecule has 9 heteroatoms. The Morgan fingerprint density at radius 1 is 1.03 bits per heavy atom. The number of nitrogens with two attached hydrogens (primary N) is 1. The number of amides is 1. The molecule has 0 fully saturated rings. The third-order valence-corrected chi connectivity index (χ3v) is 7.46. The van der Waals surface area contributed by atoms with Crippen LogP contribution in [0.2, 0.25) is 0 Å². The summed E-state index contributed by atoms with van der Waals surface area (Å²) >= 11 is 3.42. The van der Waals surface area contributed by atoms with Gasteiger partial charge in [-0.25, -0.2) is 8.42 Å². The smallest absolute Gasteiger partial charge is 0.264 e. The summed E-state index contributed by atoms with van der Waals surface area (Å²) in [5.41, 5.74) is 9.20. The number of hydrogen-bond acceptors (Lipinski definition) is 5. The molecule has 33 heavy (non-hydrogen) atoms. The lowest BCUT2D eigenvalue weighted by molar-refractivity contribution is -0.114. The van der Waals surface area contributed by atoms with E-state index in [2.05, 4.69) is 21.2 Å². The highest BCUT2D eigenvalue weighted by Crippen LogP contribution is 2.32. The van der Waals surface area contributed by atoms with Crippen molar-refractivity contribution in [3.05, 3.63) is 76.3 Å². The molecule has 7 nitrogen and oxygen atoms in total. The van der Waals surface area contributed by atoms with E-state index < -0.39 is 22.5 Å². The molecule has 0 aliphatic rings. The number of hydrogen-bond donors (Lipinski definition) is 2. The van der Waals surface area contributed by atoms with Crippen LogP contribution in [0.25, 0.3) is 0 Å². The Labute approximate surface area is 202 Å². The third-order valence-electron chi connectivity index (χ3n) is 5.05. The largest absolute Gasteiger partial charge is 0.493 e. The normalized spacial score (nSPS) is 11.2. The van der Waals surface area contributed by atoms with Gasteiger partial charge in [-0.05, 0) is 102 Å². The van der Waals surface area contributed by atoms with E-state index in [1.165, 1.54) is 24.3 Å². The Balaban J connectivity index is 1.97. The number of carbonyl (C=O) groups excluding carboxylic acids is 1. The van der Waals surface area contributed by atoms with Crippen LogP contribution in [0.4, 0.5) is 17.1 Å². The van der Waals surface area contributed by atoms with Crippen LogP contribution in [0.15, 0.2) is 70.0 Å². The number of ether oxygens (including phenoxy) is 1. The maximum atomic E-state index is 13.5. The number of aryl methyl sites for hydroxylation is 2. The van der Waals surface area contributed by atoms with Crippen molar-refractivity contribution in [1.29, 1.82) is 0 Å². The van der Waals surface area contributed by atoms with E-state index in [9.17, 15) is 13.2 Å². The molecule has 0 aliphatic carbocycles. The van der Waals surface area contributed by atoms with E-state index in [0.29, 0.717) is 33.9 Å². The average Bonchev–Trinajstić information content (AvgIpc) is 2.76. The zero-order valence-corrected chi connectivity index (χ0v) is 21.0. The van der Waals surface area contributed by atoms with E-state index in [1.54, 1.807) is 24.3 Å². The van der Waals surface area contributed by atoms with Crippen molar-refractivity contribution in [3.63, 3.8) is 0 Å². The van der Waals surface area contributed by atoms with Gasteiger partial charge in [-0.1, -0.05) is 6.07 Å². The Morgan fingerprint density at radius 2 is 1.73 bits per heavy atom. The molecule has 0 atom stereocenters. The highest BCUT2D eigenvalue weighted by Gasteiger charge is 2.28. The first kappa shape index (κ1) is 24.6. The van der Waals surface area contributed by atoms with Crippen molar-refractivity contribution >= 4 is 48.9 Å². The number of sulfonamides is 1. The van der Waals surface area contributed by atoms with Crippen LogP contribution in [-0.2, 0) is 14.8 Å². The van der Waals surface area contributed by atoms with Gasteiger partial charge in [0.1, 0.15) is 12.3 Å². The highest BCUT2D eigenvalue weighted by atomic mass is 79.9. The number of nitrogens with zero attached hydrogens (tertiary/aromatic N) is 1. The molecule has 3 N–H and O–H groups in total. The molecular weight excluding hydrogens is 506 g/mol. The van der Waals surface area contributed by atoms with Crippen LogP contribution in [-0.4, -0.2) is 27.5 Å². The van der Waals surface area contributed by atoms with Crippen LogP contribution < -0.4 is 20.1 Å². The summed E-state index contributed by atoms with van der Waals surface area (Å²) < 4.78 is 34.2. The van der Waals surface area contributed by atoms with Gasteiger partial charge in [0.05, 0.1) is 21.7 Å². The number of anilines is 3. The number of carbonyl (C=O) groups is 1. The first-order valence-electron chi connectivity index (χ1n) is 10.3. The van der Waals surface area contributed by atoms with Gasteiger partial charge < -0.3 is 15.8 Å². The lowest BCUT2D eigenvalue weighted by Crippen LogP contribution is -2.38. The lowest BCUT2D eigenvalue weighted by atomic mass is 10.1. The molecule has 0 aliphatic heterocycles. The van der Waals surface area contributed by atoms with Gasteiger partial charge in [0.15, 0.2) is 0 Å². The molecule has 1 amide bonds. The van der Waals surface area contributed by atoms with Crippen molar-refractivity contribution in [2.45, 2.75) is 25.7 Å². The summed E-state index contributed by atoms with van der Waals surface area (Å²) in [6.45, 7) is 5.82. The SMILES string of the molecule is CCOc1ccc(N(CC(=O)Nc2ccc(C)c(C)c2)S(=O)(=O)c2ccc(N)cc2)cc1Br. The number of halogens is 1. The summed E-state index contributed by atoms with van der Waals surface area (Å²) in [7, 11) is -4.06. The second-order valence-electron chi connectivity index (χ2n) is 7.48. The fraction of sp³-hybridized carbons (Fsp3) is 0.208. The molecule has 3 aromatic carbocycles. The van der Waals surface area contributed by atoms with Crippen molar-refractivity contribution in [2.24, 2.45) is 0 Å². The highest BCUT2D eigenvalue weighted by molar-refractivity contribution is 9.10.